The van der Waals surface area contributed by atoms with Crippen molar-refractivity contribution in [3.8, 4) is 33.5 Å². The number of hydrogen-bond donors (Lipinski definition) is 1. The van der Waals surface area contributed by atoms with Gasteiger partial charge in [-0.1, -0.05) is 6.07 Å². The third-order valence-corrected chi connectivity index (χ3v) is 4.82. The van der Waals surface area contributed by atoms with Gasteiger partial charge in [-0.15, -0.1) is 11.3 Å². The Morgan fingerprint density at radius 3 is 2.62 bits per heavy atom. The second-order valence-corrected chi connectivity index (χ2v) is 6.69. The molecule has 4 rings (SSSR count). The number of aromatic amines is 1. The molecule has 1 aromatic carbocycles. The Morgan fingerprint density at radius 1 is 1.15 bits per heavy atom. The SMILES string of the molecule is COc1ccc(-c2cc(-c3cccs3)n(-c3nc(C)cc(=O)[nH]3)n2)cc1. The molecule has 4 aromatic rings. The van der Waals surface area contributed by atoms with Crippen LogP contribution in [0.2, 0.25) is 0 Å². The maximum atomic E-state index is 11.9. The number of thiophene rings is 1. The number of benzene rings is 1. The quantitative estimate of drug-likeness (QED) is 0.600. The van der Waals surface area contributed by atoms with Gasteiger partial charge in [0.25, 0.3) is 5.56 Å². The Bertz CT molecular complexity index is 1100. The highest BCUT2D eigenvalue weighted by Gasteiger charge is 2.15. The summed E-state index contributed by atoms with van der Waals surface area (Å²) in [5, 5.41) is 6.70. The highest BCUT2D eigenvalue weighted by atomic mass is 32.1. The van der Waals surface area contributed by atoms with Crippen LogP contribution >= 0.6 is 11.3 Å². The maximum Gasteiger partial charge on any atom is 0.252 e. The molecule has 0 radical (unpaired) electrons. The van der Waals surface area contributed by atoms with Gasteiger partial charge < -0.3 is 4.74 Å². The molecule has 0 aliphatic rings. The van der Waals surface area contributed by atoms with E-state index in [2.05, 4.69) is 9.97 Å². The standard InChI is InChI=1S/C19H16N4O2S/c1-12-10-18(24)21-19(20-12)23-16(17-4-3-9-26-17)11-15(22-23)13-5-7-14(25-2)8-6-13/h3-11H,1-2H3,(H,20,21,24). The molecule has 0 aliphatic heterocycles. The van der Waals surface area contributed by atoms with Crippen molar-refractivity contribution in [2.45, 2.75) is 6.92 Å². The van der Waals surface area contributed by atoms with E-state index in [4.69, 9.17) is 9.84 Å². The van der Waals surface area contributed by atoms with Gasteiger partial charge in [0, 0.05) is 17.3 Å². The summed E-state index contributed by atoms with van der Waals surface area (Å²) in [6.45, 7) is 1.79. The molecule has 0 saturated carbocycles. The maximum absolute atomic E-state index is 11.9. The summed E-state index contributed by atoms with van der Waals surface area (Å²) in [6, 6.07) is 15.2. The second-order valence-electron chi connectivity index (χ2n) is 5.74. The van der Waals surface area contributed by atoms with E-state index in [0.29, 0.717) is 11.6 Å². The largest absolute Gasteiger partial charge is 0.497 e. The number of H-pyrrole nitrogens is 1. The number of rotatable bonds is 4. The first-order valence-electron chi connectivity index (χ1n) is 8.01. The number of nitrogens with one attached hydrogen (secondary N) is 1. The smallest absolute Gasteiger partial charge is 0.252 e. The van der Waals surface area contributed by atoms with E-state index in [9.17, 15) is 4.79 Å². The molecule has 3 aromatic heterocycles. The number of hydrogen-bond acceptors (Lipinski definition) is 5. The highest BCUT2D eigenvalue weighted by molar-refractivity contribution is 7.13. The van der Waals surface area contributed by atoms with Gasteiger partial charge in [-0.3, -0.25) is 9.78 Å². The lowest BCUT2D eigenvalue weighted by Gasteiger charge is -2.05. The van der Waals surface area contributed by atoms with Gasteiger partial charge >= 0.3 is 0 Å². The van der Waals surface area contributed by atoms with Crippen LogP contribution in [0.5, 0.6) is 5.75 Å². The normalized spacial score (nSPS) is 10.8. The van der Waals surface area contributed by atoms with E-state index in [1.807, 2.05) is 47.8 Å². The van der Waals surface area contributed by atoms with Crippen LogP contribution in [0.15, 0.2) is 58.7 Å². The van der Waals surface area contributed by atoms with Gasteiger partial charge in [0.15, 0.2) is 0 Å². The summed E-state index contributed by atoms with van der Waals surface area (Å²) in [4.78, 5) is 20.1. The molecule has 0 fully saturated rings. The van der Waals surface area contributed by atoms with E-state index in [-0.39, 0.29) is 5.56 Å². The van der Waals surface area contributed by atoms with Gasteiger partial charge in [-0.05, 0) is 48.7 Å². The van der Waals surface area contributed by atoms with Crippen LogP contribution in [0.4, 0.5) is 0 Å². The minimum atomic E-state index is -0.203. The van der Waals surface area contributed by atoms with E-state index in [0.717, 1.165) is 27.6 Å². The molecule has 1 N–H and O–H groups in total. The number of methoxy groups -OCH3 is 1. The van der Waals surface area contributed by atoms with Gasteiger partial charge in [-0.2, -0.15) is 9.78 Å². The molecule has 0 aliphatic carbocycles. The average Bonchev–Trinajstić information content (AvgIpc) is 3.30. The van der Waals surface area contributed by atoms with Crippen molar-refractivity contribution in [3.63, 3.8) is 0 Å². The molecular formula is C19H16N4O2S. The van der Waals surface area contributed by atoms with Crippen molar-refractivity contribution >= 4 is 11.3 Å². The molecule has 0 amide bonds. The van der Waals surface area contributed by atoms with Crippen molar-refractivity contribution < 1.29 is 4.74 Å². The first-order chi connectivity index (χ1) is 12.6. The molecular weight excluding hydrogens is 348 g/mol. The van der Waals surface area contributed by atoms with Crippen molar-refractivity contribution in [1.29, 1.82) is 0 Å². The van der Waals surface area contributed by atoms with E-state index in [1.165, 1.54) is 6.07 Å². The molecule has 6 nitrogen and oxygen atoms in total. The Labute approximate surface area is 153 Å². The molecule has 3 heterocycles. The topological polar surface area (TPSA) is 72.8 Å². The van der Waals surface area contributed by atoms with Crippen LogP contribution in [-0.4, -0.2) is 26.9 Å². The fourth-order valence-electron chi connectivity index (χ4n) is 2.71. The summed E-state index contributed by atoms with van der Waals surface area (Å²) < 4.78 is 6.90. The molecule has 0 unspecified atom stereocenters. The minimum absolute atomic E-state index is 0.203. The summed E-state index contributed by atoms with van der Waals surface area (Å²) in [5.74, 6) is 1.19. The number of aromatic nitrogens is 4. The van der Waals surface area contributed by atoms with Crippen LogP contribution in [0.3, 0.4) is 0 Å². The van der Waals surface area contributed by atoms with Crippen LogP contribution in [0, 0.1) is 6.92 Å². The number of aryl methyl sites for hydroxylation is 1. The minimum Gasteiger partial charge on any atom is -0.497 e. The molecule has 0 saturated heterocycles. The Kier molecular flexibility index (Phi) is 4.14. The molecule has 0 spiro atoms. The summed E-state index contributed by atoms with van der Waals surface area (Å²) in [6.07, 6.45) is 0. The Morgan fingerprint density at radius 2 is 1.96 bits per heavy atom. The van der Waals surface area contributed by atoms with Crippen LogP contribution in [0.1, 0.15) is 5.69 Å². The molecule has 0 atom stereocenters. The third kappa shape index (κ3) is 3.04. The highest BCUT2D eigenvalue weighted by Crippen LogP contribution is 2.31. The van der Waals surface area contributed by atoms with Crippen LogP contribution in [0.25, 0.3) is 27.8 Å². The number of nitrogens with zero attached hydrogens (tertiary/aromatic N) is 3. The zero-order valence-corrected chi connectivity index (χ0v) is 15.1. The van der Waals surface area contributed by atoms with E-state index < -0.39 is 0 Å². The fourth-order valence-corrected chi connectivity index (χ4v) is 3.44. The second kappa shape index (κ2) is 6.61. The molecule has 26 heavy (non-hydrogen) atoms. The van der Waals surface area contributed by atoms with Crippen molar-refractivity contribution in [2.75, 3.05) is 7.11 Å². The molecule has 0 bridgehead atoms. The average molecular weight is 364 g/mol. The summed E-state index contributed by atoms with van der Waals surface area (Å²) >= 11 is 1.61. The fraction of sp³-hybridized carbons (Fsp3) is 0.105. The monoisotopic (exact) mass is 364 g/mol. The predicted molar refractivity (Wildman–Crippen MR) is 102 cm³/mol. The van der Waals surface area contributed by atoms with Crippen molar-refractivity contribution in [3.05, 3.63) is 70.0 Å². The van der Waals surface area contributed by atoms with Gasteiger partial charge in [0.05, 0.1) is 23.4 Å². The third-order valence-electron chi connectivity index (χ3n) is 3.93. The van der Waals surface area contributed by atoms with Gasteiger partial charge in [-0.25, -0.2) is 4.98 Å². The van der Waals surface area contributed by atoms with Crippen molar-refractivity contribution in [1.82, 2.24) is 19.7 Å². The molecule has 130 valence electrons. The van der Waals surface area contributed by atoms with Crippen LogP contribution in [-0.2, 0) is 0 Å². The zero-order chi connectivity index (χ0) is 18.1. The lowest BCUT2D eigenvalue weighted by Crippen LogP contribution is -2.14. The first kappa shape index (κ1) is 16.3. The number of ether oxygens (including phenoxy) is 1. The van der Waals surface area contributed by atoms with E-state index in [1.54, 1.807) is 30.1 Å². The lowest BCUT2D eigenvalue weighted by molar-refractivity contribution is 0.415. The van der Waals surface area contributed by atoms with E-state index >= 15 is 0 Å². The van der Waals surface area contributed by atoms with Crippen molar-refractivity contribution in [2.24, 2.45) is 0 Å². The Hall–Kier alpha value is -3.19. The van der Waals surface area contributed by atoms with Crippen LogP contribution < -0.4 is 10.3 Å². The lowest BCUT2D eigenvalue weighted by atomic mass is 10.1. The predicted octanol–water partition coefficient (Wildman–Crippen LogP) is 3.67. The first-order valence-corrected chi connectivity index (χ1v) is 8.89. The van der Waals surface area contributed by atoms with Gasteiger partial charge in [0.2, 0.25) is 5.95 Å². The van der Waals surface area contributed by atoms with Gasteiger partial charge in [0.1, 0.15) is 5.75 Å². The summed E-state index contributed by atoms with van der Waals surface area (Å²) in [7, 11) is 1.64. The zero-order valence-electron chi connectivity index (χ0n) is 14.3. The molecule has 7 heteroatoms. The Balaban J connectivity index is 1.89. The summed E-state index contributed by atoms with van der Waals surface area (Å²) in [5.41, 5.74) is 3.06.